The number of nitrogens with zero attached hydrogens (tertiary/aromatic N) is 1. The zero-order valence-electron chi connectivity index (χ0n) is 18.5. The molecule has 34 heavy (non-hydrogen) atoms. The lowest BCUT2D eigenvalue weighted by Crippen LogP contribution is -2.37. The van der Waals surface area contributed by atoms with Crippen molar-refractivity contribution < 1.29 is 18.0 Å². The van der Waals surface area contributed by atoms with Gasteiger partial charge < -0.3 is 5.32 Å². The highest BCUT2D eigenvalue weighted by atomic mass is 35.5. The van der Waals surface area contributed by atoms with Crippen LogP contribution >= 0.6 is 11.6 Å². The number of sulfonamides is 1. The maximum Gasteiger partial charge on any atom is 0.261 e. The Morgan fingerprint density at radius 3 is 2.44 bits per heavy atom. The van der Waals surface area contributed by atoms with E-state index in [-0.39, 0.29) is 17.0 Å². The third-order valence-electron chi connectivity index (χ3n) is 5.36. The number of nitrogens with one attached hydrogen (secondary N) is 2. The fraction of sp³-hybridized carbons (Fsp3) is 0.160. The maximum atomic E-state index is 13.1. The van der Waals surface area contributed by atoms with Gasteiger partial charge >= 0.3 is 0 Å². The zero-order valence-corrected chi connectivity index (χ0v) is 20.1. The molecule has 1 unspecified atom stereocenters. The van der Waals surface area contributed by atoms with Crippen LogP contribution in [0.5, 0.6) is 0 Å². The van der Waals surface area contributed by atoms with Crippen molar-refractivity contribution in [3.63, 3.8) is 0 Å². The average Bonchev–Trinajstić information content (AvgIpc) is 2.77. The summed E-state index contributed by atoms with van der Waals surface area (Å²) >= 11 is 6.12. The Morgan fingerprint density at radius 1 is 1.03 bits per heavy atom. The number of carbonyl (C=O) groups is 2. The summed E-state index contributed by atoms with van der Waals surface area (Å²) in [5.74, 6) is -2.23. The molecule has 0 saturated carbocycles. The van der Waals surface area contributed by atoms with Crippen LogP contribution in [-0.2, 0) is 21.4 Å². The lowest BCUT2D eigenvalue weighted by Gasteiger charge is -2.18. The minimum atomic E-state index is -3.96. The van der Waals surface area contributed by atoms with E-state index in [4.69, 9.17) is 11.6 Å². The van der Waals surface area contributed by atoms with E-state index in [0.717, 1.165) is 11.1 Å². The third-order valence-corrected chi connectivity index (χ3v) is 7.10. The van der Waals surface area contributed by atoms with Crippen molar-refractivity contribution in [2.75, 3.05) is 4.72 Å². The summed E-state index contributed by atoms with van der Waals surface area (Å²) in [5, 5.41) is 3.20. The van der Waals surface area contributed by atoms with E-state index < -0.39 is 27.6 Å². The van der Waals surface area contributed by atoms with Crippen molar-refractivity contribution in [1.82, 2.24) is 5.32 Å². The Bertz CT molecular complexity index is 1410. The van der Waals surface area contributed by atoms with E-state index in [1.807, 2.05) is 19.9 Å². The van der Waals surface area contributed by atoms with Gasteiger partial charge in [-0.1, -0.05) is 35.9 Å². The van der Waals surface area contributed by atoms with Gasteiger partial charge in [0.1, 0.15) is 5.92 Å². The Labute approximate surface area is 202 Å². The fourth-order valence-corrected chi connectivity index (χ4v) is 5.02. The number of rotatable bonds is 6. The molecule has 0 saturated heterocycles. The van der Waals surface area contributed by atoms with Crippen LogP contribution in [-0.4, -0.2) is 26.3 Å². The summed E-state index contributed by atoms with van der Waals surface area (Å²) in [6.45, 7) is 3.89. The Kier molecular flexibility index (Phi) is 6.54. The molecule has 0 fully saturated rings. The van der Waals surface area contributed by atoms with Crippen LogP contribution in [0.15, 0.2) is 70.6 Å². The molecule has 1 aliphatic heterocycles. The number of carbonyl (C=O) groups excluding carboxylic acids is 2. The molecular weight excluding hydrogens is 474 g/mol. The topological polar surface area (TPSA) is 105 Å². The molecule has 3 aromatic rings. The van der Waals surface area contributed by atoms with Crippen LogP contribution in [0.4, 0.5) is 11.4 Å². The summed E-state index contributed by atoms with van der Waals surface area (Å²) in [6, 6.07) is 16.5. The highest BCUT2D eigenvalue weighted by Crippen LogP contribution is 2.30. The molecule has 1 heterocycles. The van der Waals surface area contributed by atoms with Gasteiger partial charge in [0.05, 0.1) is 10.6 Å². The van der Waals surface area contributed by atoms with Crippen LogP contribution in [0.3, 0.4) is 0 Å². The molecule has 0 bridgehead atoms. The van der Waals surface area contributed by atoms with Crippen molar-refractivity contribution in [1.29, 1.82) is 0 Å². The third kappa shape index (κ3) is 5.03. The number of aryl methyl sites for hydroxylation is 2. The van der Waals surface area contributed by atoms with Gasteiger partial charge in [-0.15, -0.1) is 0 Å². The molecule has 1 amide bonds. The second-order valence-electron chi connectivity index (χ2n) is 8.09. The van der Waals surface area contributed by atoms with Crippen molar-refractivity contribution in [3.8, 4) is 0 Å². The normalized spacial score (nSPS) is 15.0. The number of hydrogen-bond acceptors (Lipinski definition) is 5. The van der Waals surface area contributed by atoms with Gasteiger partial charge in [0.25, 0.3) is 10.0 Å². The van der Waals surface area contributed by atoms with Gasteiger partial charge in [-0.3, -0.25) is 19.3 Å². The molecule has 0 aromatic heterocycles. The van der Waals surface area contributed by atoms with Crippen LogP contribution in [0, 0.1) is 19.8 Å². The van der Waals surface area contributed by atoms with Crippen LogP contribution in [0.1, 0.15) is 27.0 Å². The first-order valence-electron chi connectivity index (χ1n) is 10.5. The van der Waals surface area contributed by atoms with Gasteiger partial charge in [0.2, 0.25) is 5.91 Å². The first-order chi connectivity index (χ1) is 16.1. The molecule has 0 aliphatic carbocycles. The molecule has 9 heteroatoms. The Balaban J connectivity index is 1.54. The van der Waals surface area contributed by atoms with Crippen molar-refractivity contribution in [2.45, 2.75) is 25.3 Å². The summed E-state index contributed by atoms with van der Waals surface area (Å²) in [6.07, 6.45) is 1.27. The smallest absolute Gasteiger partial charge is 0.261 e. The number of hydrogen-bond donors (Lipinski definition) is 2. The summed E-state index contributed by atoms with van der Waals surface area (Å²) in [5.41, 5.74) is 3.35. The standard InChI is InChI=1S/C25H22ClN3O4S/c1-15-9-16(2)11-18(10-15)29-34(32,33)19-7-8-23-20(12-19)24(30)21(14-27-23)25(31)28-13-17-5-3-4-6-22(17)26/h3-12,14,21,29H,13H2,1-2H3,(H,28,31). The number of aliphatic imine (C=N–C) groups is 1. The summed E-state index contributed by atoms with van der Waals surface area (Å²) in [7, 11) is -3.96. The van der Waals surface area contributed by atoms with Gasteiger partial charge in [0, 0.05) is 29.0 Å². The average molecular weight is 496 g/mol. The minimum Gasteiger partial charge on any atom is -0.351 e. The number of fused-ring (bicyclic) bond motifs is 1. The molecule has 3 aromatic carbocycles. The second-order valence-corrected chi connectivity index (χ2v) is 10.2. The van der Waals surface area contributed by atoms with Crippen LogP contribution in [0.2, 0.25) is 5.02 Å². The maximum absolute atomic E-state index is 13.1. The lowest BCUT2D eigenvalue weighted by molar-refractivity contribution is -0.122. The monoisotopic (exact) mass is 495 g/mol. The molecule has 174 valence electrons. The van der Waals surface area contributed by atoms with Crippen molar-refractivity contribution in [2.24, 2.45) is 10.9 Å². The summed E-state index contributed by atoms with van der Waals surface area (Å²) in [4.78, 5) is 29.9. The van der Waals surface area contributed by atoms with Crippen molar-refractivity contribution in [3.05, 3.63) is 87.9 Å². The lowest BCUT2D eigenvalue weighted by atomic mass is 9.94. The first kappa shape index (κ1) is 23.7. The van der Waals surface area contributed by atoms with Crippen LogP contribution in [0.25, 0.3) is 0 Å². The number of anilines is 1. The van der Waals surface area contributed by atoms with E-state index in [1.54, 1.807) is 36.4 Å². The fourth-order valence-electron chi connectivity index (χ4n) is 3.75. The number of amides is 1. The molecule has 0 spiro atoms. The van der Waals surface area contributed by atoms with E-state index >= 15 is 0 Å². The predicted octanol–water partition coefficient (Wildman–Crippen LogP) is 4.59. The highest BCUT2D eigenvalue weighted by molar-refractivity contribution is 7.92. The highest BCUT2D eigenvalue weighted by Gasteiger charge is 2.32. The van der Waals surface area contributed by atoms with E-state index in [9.17, 15) is 18.0 Å². The largest absolute Gasteiger partial charge is 0.351 e. The van der Waals surface area contributed by atoms with Crippen LogP contribution < -0.4 is 10.0 Å². The van der Waals surface area contributed by atoms with Gasteiger partial charge in [0.15, 0.2) is 5.78 Å². The van der Waals surface area contributed by atoms with E-state index in [0.29, 0.717) is 22.0 Å². The molecule has 1 atom stereocenters. The number of ketones is 1. The van der Waals surface area contributed by atoms with Gasteiger partial charge in [-0.05, 0) is 66.9 Å². The molecule has 0 radical (unpaired) electrons. The molecule has 7 nitrogen and oxygen atoms in total. The molecule has 1 aliphatic rings. The van der Waals surface area contributed by atoms with Gasteiger partial charge in [-0.2, -0.15) is 0 Å². The molecular formula is C25H22ClN3O4S. The Morgan fingerprint density at radius 2 is 1.74 bits per heavy atom. The Hall–Kier alpha value is -3.49. The first-order valence-corrected chi connectivity index (χ1v) is 12.3. The minimum absolute atomic E-state index is 0.0729. The SMILES string of the molecule is Cc1cc(C)cc(NS(=O)(=O)c2ccc3c(c2)C(=O)C(C(=O)NCc2ccccc2Cl)C=N3)c1. The predicted molar refractivity (Wildman–Crippen MR) is 132 cm³/mol. The van der Waals surface area contributed by atoms with E-state index in [2.05, 4.69) is 15.0 Å². The van der Waals surface area contributed by atoms with E-state index in [1.165, 1.54) is 24.4 Å². The number of benzene rings is 3. The zero-order chi connectivity index (χ0) is 24.5. The van der Waals surface area contributed by atoms with Crippen molar-refractivity contribution >= 4 is 50.9 Å². The number of Topliss-reactive ketones (excluding diaryl/α,β-unsaturated/α-hetero) is 1. The molecule has 2 N–H and O–H groups in total. The van der Waals surface area contributed by atoms with Gasteiger partial charge in [-0.25, -0.2) is 8.42 Å². The number of halogens is 1. The molecule has 4 rings (SSSR count). The second kappa shape index (κ2) is 9.40. The summed E-state index contributed by atoms with van der Waals surface area (Å²) < 4.78 is 28.5. The quantitative estimate of drug-likeness (QED) is 0.488.